The molecule has 152 valence electrons. The predicted octanol–water partition coefficient (Wildman–Crippen LogP) is 1.57. The van der Waals surface area contributed by atoms with Crippen molar-refractivity contribution in [2.45, 2.75) is 51.1 Å². The second kappa shape index (κ2) is 8.62. The maximum Gasteiger partial charge on any atom is 0.245 e. The van der Waals surface area contributed by atoms with Crippen LogP contribution in [-0.2, 0) is 16.0 Å². The molecule has 3 aliphatic heterocycles. The molecule has 6 nitrogen and oxygen atoms in total. The van der Waals surface area contributed by atoms with Crippen molar-refractivity contribution in [1.29, 1.82) is 0 Å². The van der Waals surface area contributed by atoms with E-state index in [-0.39, 0.29) is 17.9 Å². The molecule has 2 N–H and O–H groups in total. The van der Waals surface area contributed by atoms with Crippen molar-refractivity contribution in [2.24, 2.45) is 11.8 Å². The van der Waals surface area contributed by atoms with E-state index < -0.39 is 0 Å². The van der Waals surface area contributed by atoms with Crippen LogP contribution in [0.25, 0.3) is 0 Å². The normalized spacial score (nSPS) is 28.7. The fourth-order valence-electron chi connectivity index (χ4n) is 5.26. The van der Waals surface area contributed by atoms with Gasteiger partial charge in [0.1, 0.15) is 6.04 Å². The van der Waals surface area contributed by atoms with E-state index in [4.69, 9.17) is 0 Å². The van der Waals surface area contributed by atoms with Gasteiger partial charge in [0.05, 0.1) is 0 Å². The number of nitrogens with zero attached hydrogens (tertiary/aromatic N) is 2. The van der Waals surface area contributed by atoms with Crippen molar-refractivity contribution in [2.75, 3.05) is 26.2 Å². The van der Waals surface area contributed by atoms with Crippen molar-refractivity contribution >= 4 is 11.8 Å². The second-order valence-corrected chi connectivity index (χ2v) is 8.53. The predicted molar refractivity (Wildman–Crippen MR) is 108 cm³/mol. The molecule has 0 aliphatic carbocycles. The summed E-state index contributed by atoms with van der Waals surface area (Å²) in [5, 5.41) is 0. The number of hydrogen-bond donors (Lipinski definition) is 2. The minimum Gasteiger partial charge on any atom is -0.341 e. The topological polar surface area (TPSA) is 64.7 Å². The average Bonchev–Trinajstić information content (AvgIpc) is 3.38. The third-order valence-corrected chi connectivity index (χ3v) is 6.78. The van der Waals surface area contributed by atoms with Crippen LogP contribution in [0.15, 0.2) is 30.3 Å². The van der Waals surface area contributed by atoms with Gasteiger partial charge in [-0.15, -0.1) is 0 Å². The van der Waals surface area contributed by atoms with Crippen LogP contribution in [0.3, 0.4) is 0 Å². The maximum absolute atomic E-state index is 13.0. The molecule has 28 heavy (non-hydrogen) atoms. The van der Waals surface area contributed by atoms with Gasteiger partial charge in [0, 0.05) is 39.1 Å². The summed E-state index contributed by atoms with van der Waals surface area (Å²) in [5.74, 6) is 1.35. The first-order valence-electron chi connectivity index (χ1n) is 10.7. The van der Waals surface area contributed by atoms with Crippen molar-refractivity contribution < 1.29 is 9.59 Å². The molecule has 1 aromatic rings. The highest BCUT2D eigenvalue weighted by Gasteiger charge is 2.39. The minimum absolute atomic E-state index is 0.0238. The van der Waals surface area contributed by atoms with Crippen LogP contribution < -0.4 is 10.9 Å². The van der Waals surface area contributed by atoms with Crippen LogP contribution in [0.2, 0.25) is 0 Å². The number of hydrazine groups is 1. The zero-order chi connectivity index (χ0) is 19.5. The van der Waals surface area contributed by atoms with E-state index in [1.807, 2.05) is 4.90 Å². The summed E-state index contributed by atoms with van der Waals surface area (Å²) in [4.78, 5) is 28.5. The lowest BCUT2D eigenvalue weighted by Crippen LogP contribution is -2.51. The van der Waals surface area contributed by atoms with E-state index in [1.54, 1.807) is 11.8 Å². The number of likely N-dealkylation sites (tertiary alicyclic amines) is 2. The average molecular weight is 385 g/mol. The fourth-order valence-corrected chi connectivity index (χ4v) is 5.26. The van der Waals surface area contributed by atoms with E-state index in [0.29, 0.717) is 17.9 Å². The largest absolute Gasteiger partial charge is 0.341 e. The van der Waals surface area contributed by atoms with Crippen LogP contribution in [0.1, 0.15) is 38.2 Å². The number of amides is 2. The third kappa shape index (κ3) is 4.08. The first kappa shape index (κ1) is 19.4. The monoisotopic (exact) mass is 384 g/mol. The van der Waals surface area contributed by atoms with Crippen LogP contribution in [0.4, 0.5) is 0 Å². The van der Waals surface area contributed by atoms with Gasteiger partial charge in [0.25, 0.3) is 0 Å². The van der Waals surface area contributed by atoms with E-state index >= 15 is 0 Å². The van der Waals surface area contributed by atoms with Gasteiger partial charge < -0.3 is 9.80 Å². The standard InChI is InChI=1S/C22H32N4O2/c1-16(27)26-11-5-8-20(26)22(28)25-12-9-18(10-13-25)21-19(15-23-24-21)14-17-6-3-2-4-7-17/h2-4,6-7,18-21,23-24H,5,8-15H2,1H3/t19?,20-,21?/m0/s1. The fraction of sp³-hybridized carbons (Fsp3) is 0.636. The van der Waals surface area contributed by atoms with Crippen LogP contribution in [-0.4, -0.2) is 59.9 Å². The third-order valence-electron chi connectivity index (χ3n) is 6.78. The Kier molecular flexibility index (Phi) is 5.97. The molecule has 0 spiro atoms. The SMILES string of the molecule is CC(=O)N1CCC[C@H]1C(=O)N1CCC(C2NNCC2Cc2ccccc2)CC1. The summed E-state index contributed by atoms with van der Waals surface area (Å²) in [5.41, 5.74) is 8.26. The van der Waals surface area contributed by atoms with Gasteiger partial charge in [-0.2, -0.15) is 0 Å². The molecule has 3 heterocycles. The molecule has 6 heteroatoms. The van der Waals surface area contributed by atoms with Gasteiger partial charge in [-0.1, -0.05) is 30.3 Å². The van der Waals surface area contributed by atoms with Gasteiger partial charge in [-0.05, 0) is 49.5 Å². The molecule has 2 unspecified atom stereocenters. The van der Waals surface area contributed by atoms with E-state index in [2.05, 4.69) is 41.2 Å². The van der Waals surface area contributed by atoms with Crippen molar-refractivity contribution in [3.63, 3.8) is 0 Å². The Hall–Kier alpha value is -1.92. The Morgan fingerprint density at radius 1 is 1.07 bits per heavy atom. The zero-order valence-electron chi connectivity index (χ0n) is 16.8. The van der Waals surface area contributed by atoms with Crippen LogP contribution in [0.5, 0.6) is 0 Å². The highest BCUT2D eigenvalue weighted by molar-refractivity contribution is 5.87. The lowest BCUT2D eigenvalue weighted by Gasteiger charge is -2.38. The number of carbonyl (C=O) groups excluding carboxylic acids is 2. The van der Waals surface area contributed by atoms with Crippen LogP contribution >= 0.6 is 0 Å². The molecule has 3 atom stereocenters. The first-order chi connectivity index (χ1) is 13.6. The van der Waals surface area contributed by atoms with E-state index in [0.717, 1.165) is 58.3 Å². The highest BCUT2D eigenvalue weighted by atomic mass is 16.2. The summed E-state index contributed by atoms with van der Waals surface area (Å²) in [6, 6.07) is 10.9. The number of hydrogen-bond acceptors (Lipinski definition) is 4. The van der Waals surface area contributed by atoms with Crippen molar-refractivity contribution in [1.82, 2.24) is 20.7 Å². The lowest BCUT2D eigenvalue weighted by molar-refractivity contribution is -0.143. The van der Waals surface area contributed by atoms with Crippen LogP contribution in [0, 0.1) is 11.8 Å². The summed E-state index contributed by atoms with van der Waals surface area (Å²) in [7, 11) is 0. The Bertz CT molecular complexity index is 687. The Labute approximate surface area is 167 Å². The number of carbonyl (C=O) groups is 2. The van der Waals surface area contributed by atoms with Gasteiger partial charge >= 0.3 is 0 Å². The quantitative estimate of drug-likeness (QED) is 0.827. The number of benzene rings is 1. The number of nitrogens with one attached hydrogen (secondary N) is 2. The summed E-state index contributed by atoms with van der Waals surface area (Å²) in [6.45, 7) is 4.91. The first-order valence-corrected chi connectivity index (χ1v) is 10.7. The van der Waals surface area contributed by atoms with Crippen molar-refractivity contribution in [3.05, 3.63) is 35.9 Å². The molecular weight excluding hydrogens is 352 g/mol. The highest BCUT2D eigenvalue weighted by Crippen LogP contribution is 2.30. The van der Waals surface area contributed by atoms with E-state index in [1.165, 1.54) is 5.56 Å². The second-order valence-electron chi connectivity index (χ2n) is 8.53. The molecule has 1 aromatic carbocycles. The molecule has 2 amide bonds. The lowest BCUT2D eigenvalue weighted by atomic mass is 9.81. The molecular formula is C22H32N4O2. The Balaban J connectivity index is 1.32. The van der Waals surface area contributed by atoms with Gasteiger partial charge in [0.15, 0.2) is 0 Å². The number of piperidine rings is 1. The molecule has 0 saturated carbocycles. The molecule has 0 bridgehead atoms. The summed E-state index contributed by atoms with van der Waals surface area (Å²) < 4.78 is 0. The maximum atomic E-state index is 13.0. The minimum atomic E-state index is -0.230. The molecule has 0 aromatic heterocycles. The summed E-state index contributed by atoms with van der Waals surface area (Å²) in [6.07, 6.45) is 4.89. The van der Waals surface area contributed by atoms with Gasteiger partial charge in [-0.3, -0.25) is 20.4 Å². The molecule has 0 radical (unpaired) electrons. The van der Waals surface area contributed by atoms with E-state index in [9.17, 15) is 9.59 Å². The van der Waals surface area contributed by atoms with Gasteiger partial charge in [0.2, 0.25) is 11.8 Å². The molecule has 3 fully saturated rings. The van der Waals surface area contributed by atoms with Gasteiger partial charge in [-0.25, -0.2) is 0 Å². The zero-order valence-corrected chi connectivity index (χ0v) is 16.8. The number of rotatable bonds is 4. The smallest absolute Gasteiger partial charge is 0.245 e. The Morgan fingerprint density at radius 3 is 2.54 bits per heavy atom. The van der Waals surface area contributed by atoms with Crippen molar-refractivity contribution in [3.8, 4) is 0 Å². The Morgan fingerprint density at radius 2 is 1.82 bits per heavy atom. The molecule has 3 aliphatic rings. The molecule has 4 rings (SSSR count). The summed E-state index contributed by atoms with van der Waals surface area (Å²) >= 11 is 0. The molecule has 3 saturated heterocycles.